The maximum Gasteiger partial charge on any atom is 0.269 e. The molecule has 152 valence electrons. The van der Waals surface area contributed by atoms with Crippen LogP contribution in [0.2, 0.25) is 0 Å². The number of hydrogen-bond donors (Lipinski definition) is 2. The number of primary amides is 1. The van der Waals surface area contributed by atoms with Crippen molar-refractivity contribution >= 4 is 17.7 Å². The average molecular weight is 414 g/mol. The fourth-order valence-electron chi connectivity index (χ4n) is 2.85. The Morgan fingerprint density at radius 2 is 1.86 bits per heavy atom. The number of nitrogens with two attached hydrogens (primary N) is 1. The van der Waals surface area contributed by atoms with Crippen LogP contribution in [-0.4, -0.2) is 36.2 Å². The molecular weight excluding hydrogens is 390 g/mol. The van der Waals surface area contributed by atoms with Gasteiger partial charge in [0, 0.05) is 22.1 Å². The minimum atomic E-state index is -1.57. The topological polar surface area (TPSA) is 116 Å². The largest absolute Gasteiger partial charge is 0.389 e. The summed E-state index contributed by atoms with van der Waals surface area (Å²) in [4.78, 5) is 26.8. The summed E-state index contributed by atoms with van der Waals surface area (Å²) in [6.45, 7) is 5.02. The molecule has 3 aromatic rings. The summed E-state index contributed by atoms with van der Waals surface area (Å²) in [5.74, 6) is -0.760. The fourth-order valence-corrected chi connectivity index (χ4v) is 3.68. The Morgan fingerprint density at radius 3 is 2.45 bits per heavy atom. The van der Waals surface area contributed by atoms with Gasteiger partial charge in [-0.15, -0.1) is 0 Å². The quantitative estimate of drug-likeness (QED) is 0.608. The first-order valence-corrected chi connectivity index (χ1v) is 9.80. The highest BCUT2D eigenvalue weighted by Gasteiger charge is 2.40. The monoisotopic (exact) mass is 413 g/mol. The van der Waals surface area contributed by atoms with Crippen LogP contribution in [0.25, 0.3) is 0 Å². The highest BCUT2D eigenvalue weighted by atomic mass is 32.2. The lowest BCUT2D eigenvalue weighted by Crippen LogP contribution is -2.51. The lowest BCUT2D eigenvalue weighted by molar-refractivity contribution is -0.124. The maximum absolute atomic E-state index is 12.8. The second-order valence-electron chi connectivity index (χ2n) is 7.50. The summed E-state index contributed by atoms with van der Waals surface area (Å²) in [5, 5.41) is 18.5. The van der Waals surface area contributed by atoms with Crippen LogP contribution in [0.1, 0.15) is 26.5 Å². The van der Waals surface area contributed by atoms with Gasteiger partial charge >= 0.3 is 0 Å². The van der Waals surface area contributed by atoms with Crippen molar-refractivity contribution in [3.8, 4) is 0 Å². The number of amides is 1. The Morgan fingerprint density at radius 1 is 1.17 bits per heavy atom. The van der Waals surface area contributed by atoms with Crippen molar-refractivity contribution in [3.63, 3.8) is 0 Å². The van der Waals surface area contributed by atoms with Crippen LogP contribution in [0.3, 0.4) is 0 Å². The van der Waals surface area contributed by atoms with E-state index in [1.54, 1.807) is 26.1 Å². The van der Waals surface area contributed by atoms with Crippen molar-refractivity contribution in [2.45, 2.75) is 48.2 Å². The van der Waals surface area contributed by atoms with Crippen LogP contribution in [-0.2, 0) is 16.9 Å². The first-order valence-electron chi connectivity index (χ1n) is 8.98. The Bertz CT molecular complexity index is 1070. The third-order valence-electron chi connectivity index (χ3n) is 4.35. The van der Waals surface area contributed by atoms with Gasteiger partial charge in [-0.25, -0.2) is 4.68 Å². The Hall–Kier alpha value is -2.91. The van der Waals surface area contributed by atoms with E-state index in [2.05, 4.69) is 10.2 Å². The van der Waals surface area contributed by atoms with E-state index in [1.165, 1.54) is 35.6 Å². The molecule has 0 aliphatic rings. The van der Waals surface area contributed by atoms with E-state index in [-0.39, 0.29) is 12.2 Å². The van der Waals surface area contributed by atoms with E-state index in [0.29, 0.717) is 4.90 Å². The van der Waals surface area contributed by atoms with Gasteiger partial charge in [0.15, 0.2) is 5.54 Å². The molecule has 3 rings (SSSR count). The second-order valence-corrected chi connectivity index (χ2v) is 8.65. The first-order chi connectivity index (χ1) is 13.6. The van der Waals surface area contributed by atoms with Gasteiger partial charge in [-0.2, -0.15) is 10.2 Å². The molecule has 2 heterocycles. The molecule has 0 bridgehead atoms. The number of aliphatic hydroxyl groups is 1. The predicted octanol–water partition coefficient (Wildman–Crippen LogP) is 1.61. The van der Waals surface area contributed by atoms with Gasteiger partial charge in [-0.3, -0.25) is 14.3 Å². The van der Waals surface area contributed by atoms with Crippen molar-refractivity contribution in [2.75, 3.05) is 0 Å². The summed E-state index contributed by atoms with van der Waals surface area (Å²) in [6, 6.07) is 12.6. The van der Waals surface area contributed by atoms with Crippen LogP contribution < -0.4 is 11.3 Å². The van der Waals surface area contributed by atoms with E-state index in [4.69, 9.17) is 5.73 Å². The fraction of sp³-hybridized carbons (Fsp3) is 0.300. The molecule has 1 atom stereocenters. The summed E-state index contributed by atoms with van der Waals surface area (Å²) in [6.07, 6.45) is 3.15. The van der Waals surface area contributed by atoms with Crippen LogP contribution in [0.5, 0.6) is 0 Å². The zero-order valence-electron chi connectivity index (χ0n) is 16.4. The van der Waals surface area contributed by atoms with Crippen LogP contribution in [0, 0.1) is 0 Å². The third-order valence-corrected chi connectivity index (χ3v) is 5.31. The van der Waals surface area contributed by atoms with Crippen molar-refractivity contribution in [3.05, 3.63) is 70.9 Å². The van der Waals surface area contributed by atoms with Gasteiger partial charge in [-0.05, 0) is 39.0 Å². The molecule has 3 N–H and O–H groups in total. The van der Waals surface area contributed by atoms with Gasteiger partial charge in [-0.1, -0.05) is 30.0 Å². The summed E-state index contributed by atoms with van der Waals surface area (Å²) >= 11 is 1.40. The summed E-state index contributed by atoms with van der Waals surface area (Å²) in [5.41, 5.74) is 2.90. The van der Waals surface area contributed by atoms with Gasteiger partial charge in [0.2, 0.25) is 0 Å². The van der Waals surface area contributed by atoms with Crippen molar-refractivity contribution in [2.24, 2.45) is 5.73 Å². The number of rotatable bonds is 7. The number of aromatic nitrogens is 4. The summed E-state index contributed by atoms with van der Waals surface area (Å²) < 4.78 is 2.54. The molecule has 29 heavy (non-hydrogen) atoms. The second kappa shape index (κ2) is 7.84. The molecule has 1 amide bonds. The Balaban J connectivity index is 1.97. The average Bonchev–Trinajstić information content (AvgIpc) is 3.09. The molecule has 0 aliphatic carbocycles. The van der Waals surface area contributed by atoms with Crippen molar-refractivity contribution < 1.29 is 9.90 Å². The molecule has 0 radical (unpaired) electrons. The van der Waals surface area contributed by atoms with Crippen LogP contribution >= 0.6 is 11.8 Å². The number of benzene rings is 1. The number of nitrogens with zero attached hydrogens (tertiary/aromatic N) is 4. The molecule has 0 fully saturated rings. The molecule has 8 nitrogen and oxygen atoms in total. The van der Waals surface area contributed by atoms with Crippen LogP contribution in [0.15, 0.2) is 69.4 Å². The van der Waals surface area contributed by atoms with E-state index < -0.39 is 22.6 Å². The molecule has 0 aliphatic heterocycles. The Kier molecular flexibility index (Phi) is 5.63. The van der Waals surface area contributed by atoms with Gasteiger partial charge in [0.25, 0.3) is 11.5 Å². The minimum absolute atomic E-state index is 0.219. The van der Waals surface area contributed by atoms with Crippen molar-refractivity contribution in [1.82, 2.24) is 19.6 Å². The Labute approximate surface area is 172 Å². The van der Waals surface area contributed by atoms with Gasteiger partial charge in [0.05, 0.1) is 24.0 Å². The highest BCUT2D eigenvalue weighted by Crippen LogP contribution is 2.27. The molecule has 0 saturated heterocycles. The third kappa shape index (κ3) is 4.57. The molecule has 1 aromatic carbocycles. The predicted molar refractivity (Wildman–Crippen MR) is 110 cm³/mol. The molecule has 0 spiro atoms. The van der Waals surface area contributed by atoms with E-state index >= 15 is 0 Å². The lowest BCUT2D eigenvalue weighted by atomic mass is 9.97. The van der Waals surface area contributed by atoms with E-state index in [1.807, 2.05) is 30.3 Å². The van der Waals surface area contributed by atoms with Crippen LogP contribution in [0.4, 0.5) is 0 Å². The molecular formula is C20H23N5O3S. The summed E-state index contributed by atoms with van der Waals surface area (Å²) in [7, 11) is 0. The smallest absolute Gasteiger partial charge is 0.269 e. The highest BCUT2D eigenvalue weighted by molar-refractivity contribution is 7.99. The number of hydrogen-bond acceptors (Lipinski definition) is 6. The van der Waals surface area contributed by atoms with Gasteiger partial charge in [0.1, 0.15) is 0 Å². The zero-order chi connectivity index (χ0) is 21.2. The minimum Gasteiger partial charge on any atom is -0.389 e. The normalized spacial score (nSPS) is 13.8. The molecule has 0 saturated carbocycles. The standard InChI is InChI=1S/C20H23N5O3S/c1-19(2,28)13-24-10-9-16(23-24)20(3,18(21)27)25-17(26)11-15(12-22-25)29-14-7-5-4-6-8-14/h4-12,28H,13H2,1-3H3,(H2,21,27). The molecule has 9 heteroatoms. The number of carbonyl (C=O) groups excluding carboxylic acids is 1. The lowest BCUT2D eigenvalue weighted by Gasteiger charge is -2.25. The van der Waals surface area contributed by atoms with E-state index in [0.717, 1.165) is 9.58 Å². The van der Waals surface area contributed by atoms with Crippen molar-refractivity contribution in [1.29, 1.82) is 0 Å². The zero-order valence-corrected chi connectivity index (χ0v) is 17.3. The SMILES string of the molecule is CC(C)(O)Cn1ccc(C(C)(C(N)=O)n2ncc(Sc3ccccc3)cc2=O)n1. The van der Waals surface area contributed by atoms with E-state index in [9.17, 15) is 14.7 Å². The van der Waals surface area contributed by atoms with Gasteiger partial charge < -0.3 is 10.8 Å². The molecule has 2 aromatic heterocycles. The molecule has 1 unspecified atom stereocenters. The maximum atomic E-state index is 12.8. The number of carbonyl (C=O) groups is 1. The first kappa shape index (κ1) is 20.8.